The first-order valence-electron chi connectivity index (χ1n) is 10.3. The van der Waals surface area contributed by atoms with Crippen LogP contribution in [0.15, 0.2) is 91.0 Å². The number of hydrogen-bond donors (Lipinski definition) is 0. The molecule has 28 heavy (non-hydrogen) atoms. The van der Waals surface area contributed by atoms with Gasteiger partial charge in [-0.15, -0.1) is 0 Å². The molecule has 0 aliphatic carbocycles. The minimum atomic E-state index is 1.03. The Hall–Kier alpha value is -2.86. The van der Waals surface area contributed by atoms with Crippen molar-refractivity contribution in [3.63, 3.8) is 0 Å². The van der Waals surface area contributed by atoms with Crippen molar-refractivity contribution in [2.45, 2.75) is 40.0 Å². The van der Waals surface area contributed by atoms with Gasteiger partial charge in [0.05, 0.1) is 0 Å². The van der Waals surface area contributed by atoms with Crippen LogP contribution in [0.1, 0.15) is 49.8 Å². The van der Waals surface area contributed by atoms with Crippen LogP contribution in [0, 0.1) is 6.92 Å². The minimum absolute atomic E-state index is 1.03. The van der Waals surface area contributed by atoms with Gasteiger partial charge in [-0.25, -0.2) is 0 Å². The summed E-state index contributed by atoms with van der Waals surface area (Å²) in [5.74, 6) is 0. The molecule has 0 heteroatoms. The number of hydrogen-bond acceptors (Lipinski definition) is 0. The third kappa shape index (κ3) is 5.10. The first-order valence-corrected chi connectivity index (χ1v) is 10.3. The van der Waals surface area contributed by atoms with Crippen LogP contribution in [0.5, 0.6) is 0 Å². The second-order valence-corrected chi connectivity index (χ2v) is 7.30. The van der Waals surface area contributed by atoms with Crippen molar-refractivity contribution in [1.29, 1.82) is 0 Å². The van der Waals surface area contributed by atoms with Crippen LogP contribution in [-0.4, -0.2) is 0 Å². The van der Waals surface area contributed by atoms with E-state index in [1.807, 2.05) is 0 Å². The van der Waals surface area contributed by atoms with E-state index in [-0.39, 0.29) is 0 Å². The lowest BCUT2D eigenvalue weighted by Crippen LogP contribution is -1.89. The summed E-state index contributed by atoms with van der Waals surface area (Å²) in [6.45, 7) is 6.58. The van der Waals surface area contributed by atoms with E-state index in [2.05, 4.69) is 112 Å². The zero-order valence-corrected chi connectivity index (χ0v) is 17.3. The summed E-state index contributed by atoms with van der Waals surface area (Å²) in [6, 6.07) is 28.5. The molecule has 0 aliphatic rings. The minimum Gasteiger partial charge on any atom is -0.0769 e. The Balaban J connectivity index is 1.93. The Morgan fingerprint density at radius 1 is 0.714 bits per heavy atom. The second-order valence-electron chi connectivity index (χ2n) is 7.30. The quantitative estimate of drug-likeness (QED) is 0.369. The van der Waals surface area contributed by atoms with Crippen molar-refractivity contribution in [2.75, 3.05) is 0 Å². The highest BCUT2D eigenvalue weighted by Gasteiger charge is 2.06. The molecule has 142 valence electrons. The van der Waals surface area contributed by atoms with Gasteiger partial charge in [0.1, 0.15) is 0 Å². The SMILES string of the molecule is CC/C=C(/C=C(\CCC)c1ccc(-c2ccc(C)cc2)cc1)c1ccccc1. The van der Waals surface area contributed by atoms with E-state index in [4.69, 9.17) is 0 Å². The van der Waals surface area contributed by atoms with E-state index in [1.165, 1.54) is 39.0 Å². The lowest BCUT2D eigenvalue weighted by molar-refractivity contribution is 0.973. The van der Waals surface area contributed by atoms with Gasteiger partial charge < -0.3 is 0 Å². The van der Waals surface area contributed by atoms with Crippen LogP contribution in [0.25, 0.3) is 22.3 Å². The molecule has 0 N–H and O–H groups in total. The third-order valence-electron chi connectivity index (χ3n) is 5.02. The van der Waals surface area contributed by atoms with Crippen LogP contribution in [-0.2, 0) is 0 Å². The highest BCUT2D eigenvalue weighted by molar-refractivity contribution is 5.84. The van der Waals surface area contributed by atoms with Gasteiger partial charge in [0.15, 0.2) is 0 Å². The van der Waals surface area contributed by atoms with Crippen molar-refractivity contribution in [3.8, 4) is 11.1 Å². The molecule has 0 spiro atoms. The molecule has 0 saturated heterocycles. The zero-order valence-electron chi connectivity index (χ0n) is 17.3. The van der Waals surface area contributed by atoms with Crippen LogP contribution in [0.3, 0.4) is 0 Å². The number of rotatable bonds is 7. The standard InChI is InChI=1S/C28H30/c1-4-9-27(23-11-7-6-8-12-23)21-28(10-5-2)26-19-17-25(18-20-26)24-15-13-22(3)14-16-24/h6-9,11-21H,4-5,10H2,1-3H3/b27-9-,28-21+. The molecule has 0 unspecified atom stereocenters. The molecule has 0 nitrogen and oxygen atoms in total. The van der Waals surface area contributed by atoms with Gasteiger partial charge in [0.2, 0.25) is 0 Å². The van der Waals surface area contributed by atoms with Crippen LogP contribution < -0.4 is 0 Å². The van der Waals surface area contributed by atoms with Gasteiger partial charge in [-0.1, -0.05) is 117 Å². The Bertz CT molecular complexity index is 924. The lowest BCUT2D eigenvalue weighted by atomic mass is 9.94. The molecule has 3 aromatic rings. The molecule has 0 saturated carbocycles. The van der Waals surface area contributed by atoms with Crippen molar-refractivity contribution in [1.82, 2.24) is 0 Å². The van der Waals surface area contributed by atoms with Gasteiger partial charge in [-0.2, -0.15) is 0 Å². The average Bonchev–Trinajstić information content (AvgIpc) is 2.74. The van der Waals surface area contributed by atoms with Gasteiger partial charge in [-0.05, 0) is 53.2 Å². The summed E-state index contributed by atoms with van der Waals surface area (Å²) >= 11 is 0. The Kier molecular flexibility index (Phi) is 7.03. The molecule has 0 fully saturated rings. The summed E-state index contributed by atoms with van der Waals surface area (Å²) in [6.07, 6.45) is 7.96. The Morgan fingerprint density at radius 2 is 1.32 bits per heavy atom. The van der Waals surface area contributed by atoms with Crippen LogP contribution >= 0.6 is 0 Å². The number of allylic oxidation sites excluding steroid dienone is 4. The molecule has 0 atom stereocenters. The van der Waals surface area contributed by atoms with Crippen molar-refractivity contribution >= 4 is 11.1 Å². The third-order valence-corrected chi connectivity index (χ3v) is 5.02. The maximum atomic E-state index is 2.38. The van der Waals surface area contributed by atoms with Crippen LogP contribution in [0.4, 0.5) is 0 Å². The molecule has 3 rings (SSSR count). The summed E-state index contributed by atoms with van der Waals surface area (Å²) in [4.78, 5) is 0. The normalized spacial score (nSPS) is 12.2. The van der Waals surface area contributed by atoms with E-state index >= 15 is 0 Å². The Morgan fingerprint density at radius 3 is 1.89 bits per heavy atom. The van der Waals surface area contributed by atoms with Crippen molar-refractivity contribution < 1.29 is 0 Å². The molecular formula is C28H30. The zero-order chi connectivity index (χ0) is 19.8. The smallest absolute Gasteiger partial charge is 0.0184 e. The Labute approximate surface area is 170 Å². The van der Waals surface area contributed by atoms with Gasteiger partial charge in [0.25, 0.3) is 0 Å². The highest BCUT2D eigenvalue weighted by Crippen LogP contribution is 2.28. The van der Waals surface area contributed by atoms with Gasteiger partial charge >= 0.3 is 0 Å². The summed E-state index contributed by atoms with van der Waals surface area (Å²) in [5.41, 5.74) is 9.16. The van der Waals surface area contributed by atoms with E-state index < -0.39 is 0 Å². The average molecular weight is 367 g/mol. The predicted octanol–water partition coefficient (Wildman–Crippen LogP) is 8.34. The predicted molar refractivity (Wildman–Crippen MR) is 124 cm³/mol. The maximum Gasteiger partial charge on any atom is -0.0184 e. The molecule has 0 aromatic heterocycles. The summed E-state index contributed by atoms with van der Waals surface area (Å²) in [5, 5.41) is 0. The fourth-order valence-electron chi connectivity index (χ4n) is 3.49. The number of benzene rings is 3. The van der Waals surface area contributed by atoms with Gasteiger partial charge in [-0.3, -0.25) is 0 Å². The van der Waals surface area contributed by atoms with E-state index in [9.17, 15) is 0 Å². The van der Waals surface area contributed by atoms with Crippen LogP contribution in [0.2, 0.25) is 0 Å². The molecule has 0 aliphatic heterocycles. The molecular weight excluding hydrogens is 336 g/mol. The number of aryl methyl sites for hydroxylation is 1. The van der Waals surface area contributed by atoms with E-state index in [0.717, 1.165) is 19.3 Å². The lowest BCUT2D eigenvalue weighted by Gasteiger charge is -2.11. The second kappa shape index (κ2) is 9.90. The molecule has 0 bridgehead atoms. The first kappa shape index (κ1) is 19.9. The fraction of sp³-hybridized carbons (Fsp3) is 0.214. The van der Waals surface area contributed by atoms with Crippen molar-refractivity contribution in [3.05, 3.63) is 108 Å². The van der Waals surface area contributed by atoms with E-state index in [1.54, 1.807) is 0 Å². The highest BCUT2D eigenvalue weighted by atomic mass is 14.1. The molecule has 0 radical (unpaired) electrons. The first-order chi connectivity index (χ1) is 13.7. The molecule has 0 amide bonds. The topological polar surface area (TPSA) is 0 Å². The summed E-state index contributed by atoms with van der Waals surface area (Å²) in [7, 11) is 0. The fourth-order valence-corrected chi connectivity index (χ4v) is 3.49. The van der Waals surface area contributed by atoms with Crippen molar-refractivity contribution in [2.24, 2.45) is 0 Å². The summed E-state index contributed by atoms with van der Waals surface area (Å²) < 4.78 is 0. The molecule has 3 aromatic carbocycles. The van der Waals surface area contributed by atoms with E-state index in [0.29, 0.717) is 0 Å². The monoisotopic (exact) mass is 366 g/mol. The largest absolute Gasteiger partial charge is 0.0769 e. The maximum absolute atomic E-state index is 2.38. The molecule has 0 heterocycles. The van der Waals surface area contributed by atoms with Gasteiger partial charge in [0, 0.05) is 0 Å².